The van der Waals surface area contributed by atoms with Gasteiger partial charge in [0.25, 0.3) is 0 Å². The number of nitrogens with zero attached hydrogens (tertiary/aromatic N) is 2. The molecule has 0 radical (unpaired) electrons. The first-order chi connectivity index (χ1) is 18.6. The Morgan fingerprint density at radius 3 is 2.26 bits per heavy atom. The third kappa shape index (κ3) is 5.73. The van der Waals surface area contributed by atoms with Gasteiger partial charge in [0, 0.05) is 25.9 Å². The minimum Gasteiger partial charge on any atom is -0.445 e. The van der Waals surface area contributed by atoms with Gasteiger partial charge in [0.05, 0.1) is 25.3 Å². The summed E-state index contributed by atoms with van der Waals surface area (Å²) < 4.78 is 18.2. The van der Waals surface area contributed by atoms with Crippen LogP contribution in [0.1, 0.15) is 36.0 Å². The first kappa shape index (κ1) is 25.9. The summed E-state index contributed by atoms with van der Waals surface area (Å²) >= 11 is 0. The molecule has 5 rings (SSSR count). The fourth-order valence-electron chi connectivity index (χ4n) is 5.53. The van der Waals surface area contributed by atoms with E-state index >= 15 is 0 Å². The van der Waals surface area contributed by atoms with Crippen molar-refractivity contribution in [3.63, 3.8) is 0 Å². The number of hydrogen-bond donors (Lipinski definition) is 1. The van der Waals surface area contributed by atoms with E-state index < -0.39 is 11.3 Å². The smallest absolute Gasteiger partial charge is 0.410 e. The average molecular weight is 512 g/mol. The highest BCUT2D eigenvalue weighted by Crippen LogP contribution is 2.48. The second-order valence-electron chi connectivity index (χ2n) is 9.83. The second kappa shape index (κ2) is 11.8. The van der Waals surface area contributed by atoms with Crippen molar-refractivity contribution in [1.29, 1.82) is 0 Å². The Morgan fingerprint density at radius 1 is 0.947 bits per heavy atom. The quantitative estimate of drug-likeness (QED) is 0.306. The lowest BCUT2D eigenvalue weighted by Crippen LogP contribution is -2.60. The van der Waals surface area contributed by atoms with E-state index in [0.717, 1.165) is 17.7 Å². The summed E-state index contributed by atoms with van der Waals surface area (Å²) in [5.74, 6) is -0.742. The van der Waals surface area contributed by atoms with Gasteiger partial charge in [-0.15, -0.1) is 0 Å². The molecule has 38 heavy (non-hydrogen) atoms. The van der Waals surface area contributed by atoms with Gasteiger partial charge in [-0.1, -0.05) is 84.9 Å². The number of hydrogen-bond acceptors (Lipinski definition) is 5. The van der Waals surface area contributed by atoms with Gasteiger partial charge in [0.1, 0.15) is 6.61 Å². The molecule has 0 bridgehead atoms. The molecule has 1 unspecified atom stereocenters. The minimum atomic E-state index is -0.742. The summed E-state index contributed by atoms with van der Waals surface area (Å²) in [6.07, 6.45) is 1.34. The molecule has 1 amide bonds. The van der Waals surface area contributed by atoms with Crippen molar-refractivity contribution < 1.29 is 19.0 Å². The molecular formula is C31H33N3O4. The Balaban J connectivity index is 1.43. The number of amides is 1. The van der Waals surface area contributed by atoms with Gasteiger partial charge in [0.15, 0.2) is 11.5 Å². The van der Waals surface area contributed by atoms with E-state index in [9.17, 15) is 4.79 Å². The van der Waals surface area contributed by atoms with Crippen LogP contribution in [-0.4, -0.2) is 43.1 Å². The molecule has 196 valence electrons. The maximum absolute atomic E-state index is 13.7. The van der Waals surface area contributed by atoms with E-state index in [2.05, 4.69) is 22.3 Å². The molecule has 2 saturated heterocycles. The number of nitrogens with one attached hydrogen (secondary N) is 1. The van der Waals surface area contributed by atoms with Gasteiger partial charge >= 0.3 is 6.09 Å². The van der Waals surface area contributed by atoms with Gasteiger partial charge in [-0.25, -0.2) is 9.64 Å². The Morgan fingerprint density at radius 2 is 1.61 bits per heavy atom. The fraction of sp³-hybridized carbons (Fsp3) is 0.355. The standard InChI is InChI=1S/C31H33N3O4/c1-32-28-14-12-27(13-15-28)30(16-18-33-22-25-8-4-2-5-9-25)24-31(37-20-21-38-31)17-19-34(30)29(35)36-23-26-10-6-3-7-11-26/h2-15,33H,16-24H2. The molecule has 1 atom stereocenters. The van der Waals surface area contributed by atoms with Crippen LogP contribution in [0.15, 0.2) is 84.9 Å². The third-order valence-electron chi connectivity index (χ3n) is 7.45. The van der Waals surface area contributed by atoms with Crippen LogP contribution in [0.2, 0.25) is 0 Å². The normalized spacial score (nSPS) is 20.2. The number of benzene rings is 3. The minimum absolute atomic E-state index is 0.202. The maximum atomic E-state index is 13.7. The van der Waals surface area contributed by atoms with Crippen LogP contribution in [0, 0.1) is 6.57 Å². The predicted molar refractivity (Wildman–Crippen MR) is 144 cm³/mol. The zero-order valence-corrected chi connectivity index (χ0v) is 21.5. The number of rotatable bonds is 8. The molecule has 2 aliphatic heterocycles. The molecule has 0 aromatic heterocycles. The number of ether oxygens (including phenoxy) is 3. The third-order valence-corrected chi connectivity index (χ3v) is 7.45. The second-order valence-corrected chi connectivity index (χ2v) is 9.83. The average Bonchev–Trinajstić information content (AvgIpc) is 3.42. The Kier molecular flexibility index (Phi) is 8.04. The fourth-order valence-corrected chi connectivity index (χ4v) is 5.53. The molecule has 0 aliphatic carbocycles. The molecule has 1 spiro atoms. The van der Waals surface area contributed by atoms with Crippen molar-refractivity contribution in [3.8, 4) is 0 Å². The SMILES string of the molecule is [C-]#[N+]c1ccc(C2(CCNCc3ccccc3)CC3(CCN2C(=O)OCc2ccccc2)OCCO3)cc1. The van der Waals surface area contributed by atoms with E-state index in [4.69, 9.17) is 20.8 Å². The summed E-state index contributed by atoms with van der Waals surface area (Å²) in [6.45, 7) is 10.5. The van der Waals surface area contributed by atoms with Crippen LogP contribution in [0.5, 0.6) is 0 Å². The summed E-state index contributed by atoms with van der Waals surface area (Å²) in [5.41, 5.74) is 2.91. The molecule has 3 aromatic carbocycles. The maximum Gasteiger partial charge on any atom is 0.410 e. The van der Waals surface area contributed by atoms with Gasteiger partial charge in [-0.3, -0.25) is 4.90 Å². The topological polar surface area (TPSA) is 64.4 Å². The van der Waals surface area contributed by atoms with Crippen molar-refractivity contribution in [2.75, 3.05) is 26.3 Å². The van der Waals surface area contributed by atoms with Crippen molar-refractivity contribution >= 4 is 11.8 Å². The van der Waals surface area contributed by atoms with Crippen LogP contribution >= 0.6 is 0 Å². The van der Waals surface area contributed by atoms with Crippen molar-refractivity contribution in [3.05, 3.63) is 113 Å². The van der Waals surface area contributed by atoms with Crippen molar-refractivity contribution in [2.24, 2.45) is 0 Å². The first-order valence-corrected chi connectivity index (χ1v) is 13.1. The number of carbonyl (C=O) groups excluding carboxylic acids is 1. The monoisotopic (exact) mass is 511 g/mol. The van der Waals surface area contributed by atoms with Gasteiger partial charge in [-0.2, -0.15) is 0 Å². The number of likely N-dealkylation sites (tertiary alicyclic amines) is 1. The van der Waals surface area contributed by atoms with Crippen molar-refractivity contribution in [1.82, 2.24) is 10.2 Å². The van der Waals surface area contributed by atoms with Gasteiger partial charge in [0.2, 0.25) is 0 Å². The molecule has 0 saturated carbocycles. The predicted octanol–water partition coefficient (Wildman–Crippen LogP) is 5.79. The lowest BCUT2D eigenvalue weighted by molar-refractivity contribution is -0.213. The molecule has 2 aliphatic rings. The van der Waals surface area contributed by atoms with E-state index in [1.165, 1.54) is 5.56 Å². The first-order valence-electron chi connectivity index (χ1n) is 13.1. The molecular weight excluding hydrogens is 478 g/mol. The zero-order chi connectivity index (χ0) is 26.3. The highest BCUT2D eigenvalue weighted by Gasteiger charge is 2.54. The highest BCUT2D eigenvalue weighted by atomic mass is 16.7. The molecule has 3 aromatic rings. The van der Waals surface area contributed by atoms with Crippen LogP contribution in [0.25, 0.3) is 4.85 Å². The Hall–Kier alpha value is -3.70. The van der Waals surface area contributed by atoms with Gasteiger partial charge in [-0.05, 0) is 29.7 Å². The molecule has 2 heterocycles. The van der Waals surface area contributed by atoms with Crippen LogP contribution in [0.3, 0.4) is 0 Å². The number of piperidine rings is 1. The lowest BCUT2D eigenvalue weighted by Gasteiger charge is -2.52. The highest BCUT2D eigenvalue weighted by molar-refractivity contribution is 5.70. The lowest BCUT2D eigenvalue weighted by atomic mass is 9.75. The Labute approximate surface area is 224 Å². The Bertz CT molecular complexity index is 1240. The largest absolute Gasteiger partial charge is 0.445 e. The van der Waals surface area contributed by atoms with E-state index in [1.54, 1.807) is 0 Å². The molecule has 7 nitrogen and oxygen atoms in total. The summed E-state index contributed by atoms with van der Waals surface area (Å²) in [7, 11) is 0. The molecule has 2 fully saturated rings. The van der Waals surface area contributed by atoms with E-state index in [1.807, 2.05) is 77.7 Å². The molecule has 7 heteroatoms. The molecule has 1 N–H and O–H groups in total. The van der Waals surface area contributed by atoms with Crippen LogP contribution < -0.4 is 5.32 Å². The van der Waals surface area contributed by atoms with E-state index in [-0.39, 0.29) is 12.7 Å². The van der Waals surface area contributed by atoms with Gasteiger partial charge < -0.3 is 19.5 Å². The zero-order valence-electron chi connectivity index (χ0n) is 21.5. The number of carbonyl (C=O) groups is 1. The van der Waals surface area contributed by atoms with Crippen molar-refractivity contribution in [2.45, 2.75) is 43.7 Å². The van der Waals surface area contributed by atoms with Crippen LogP contribution in [-0.2, 0) is 32.9 Å². The summed E-state index contributed by atoms with van der Waals surface area (Å²) in [6, 6.07) is 27.5. The van der Waals surface area contributed by atoms with E-state index in [0.29, 0.717) is 51.3 Å². The summed E-state index contributed by atoms with van der Waals surface area (Å²) in [5, 5.41) is 3.55. The summed E-state index contributed by atoms with van der Waals surface area (Å²) in [4.78, 5) is 19.1. The van der Waals surface area contributed by atoms with Crippen LogP contribution in [0.4, 0.5) is 10.5 Å².